The topological polar surface area (TPSA) is 26.0 Å². The third-order valence-electron chi connectivity index (χ3n) is 3.00. The first-order chi connectivity index (χ1) is 4.81. The van der Waals surface area contributed by atoms with Crippen LogP contribution in [0.5, 0.6) is 0 Å². The van der Waals surface area contributed by atoms with E-state index >= 15 is 0 Å². The quantitative estimate of drug-likeness (QED) is 0.571. The van der Waals surface area contributed by atoms with E-state index < -0.39 is 0 Å². The van der Waals surface area contributed by atoms with E-state index in [2.05, 4.69) is 27.7 Å². The molecule has 1 rings (SSSR count). The Morgan fingerprint density at radius 1 is 1.36 bits per heavy atom. The minimum absolute atomic E-state index is 0.123. The van der Waals surface area contributed by atoms with E-state index in [4.69, 9.17) is 5.73 Å². The molecule has 1 aliphatic rings. The Hall–Kier alpha value is -0.0400. The Labute approximate surface area is 70.4 Å². The summed E-state index contributed by atoms with van der Waals surface area (Å²) in [7, 11) is 0. The highest BCUT2D eigenvalue weighted by atomic mass is 14.7. The molecule has 66 valence electrons. The van der Waals surface area contributed by atoms with Gasteiger partial charge in [-0.25, -0.2) is 0 Å². The molecule has 0 aromatic carbocycles. The van der Waals surface area contributed by atoms with Crippen molar-refractivity contribution in [2.75, 3.05) is 0 Å². The molecule has 1 nitrogen and oxygen atoms in total. The number of hydrogen-bond donors (Lipinski definition) is 1. The van der Waals surface area contributed by atoms with Crippen molar-refractivity contribution in [2.24, 2.45) is 17.1 Å². The van der Waals surface area contributed by atoms with Crippen LogP contribution < -0.4 is 5.73 Å². The smallest absolute Gasteiger partial charge is 0.0128 e. The van der Waals surface area contributed by atoms with Gasteiger partial charge in [-0.15, -0.1) is 0 Å². The summed E-state index contributed by atoms with van der Waals surface area (Å²) in [5, 5.41) is 0. The number of nitrogens with two attached hydrogens (primary N) is 1. The minimum Gasteiger partial charge on any atom is -0.325 e. The summed E-state index contributed by atoms with van der Waals surface area (Å²) in [6.45, 7) is 9.13. The van der Waals surface area contributed by atoms with Crippen molar-refractivity contribution in [2.45, 2.75) is 52.5 Å². The largest absolute Gasteiger partial charge is 0.325 e. The maximum absolute atomic E-state index is 6.06. The Morgan fingerprint density at radius 3 is 2.09 bits per heavy atom. The second kappa shape index (κ2) is 2.48. The van der Waals surface area contributed by atoms with E-state index in [1.54, 1.807) is 0 Å². The molecule has 2 unspecified atom stereocenters. The summed E-state index contributed by atoms with van der Waals surface area (Å²) in [6.07, 6.45) is 3.72. The summed E-state index contributed by atoms with van der Waals surface area (Å²) in [4.78, 5) is 0. The molecule has 11 heavy (non-hydrogen) atoms. The maximum Gasteiger partial charge on any atom is 0.0128 e. The van der Waals surface area contributed by atoms with Crippen LogP contribution in [0.3, 0.4) is 0 Å². The van der Waals surface area contributed by atoms with Gasteiger partial charge in [-0.3, -0.25) is 0 Å². The fourth-order valence-electron chi connectivity index (χ4n) is 2.01. The average Bonchev–Trinajstić information content (AvgIpc) is 2.07. The van der Waals surface area contributed by atoms with Crippen LogP contribution in [0.25, 0.3) is 0 Å². The molecule has 0 spiro atoms. The van der Waals surface area contributed by atoms with Crippen molar-refractivity contribution >= 4 is 0 Å². The molecule has 0 aromatic heterocycles. The number of hydrogen-bond acceptors (Lipinski definition) is 1. The van der Waals surface area contributed by atoms with Gasteiger partial charge in [0.05, 0.1) is 0 Å². The monoisotopic (exact) mass is 155 g/mol. The Kier molecular flexibility index (Phi) is 2.04. The van der Waals surface area contributed by atoms with Crippen LogP contribution in [0.15, 0.2) is 0 Å². The molecule has 1 saturated carbocycles. The van der Waals surface area contributed by atoms with Crippen LogP contribution in [-0.4, -0.2) is 5.54 Å². The SMILES string of the molecule is CC1(N)CCC(C(C)(C)C)C1. The molecule has 1 aliphatic carbocycles. The fraction of sp³-hybridized carbons (Fsp3) is 1.00. The summed E-state index contributed by atoms with van der Waals surface area (Å²) < 4.78 is 0. The second-order valence-electron chi connectivity index (χ2n) is 5.46. The normalized spacial score (nSPS) is 39.5. The Bertz CT molecular complexity index is 141. The van der Waals surface area contributed by atoms with Gasteiger partial charge in [0.1, 0.15) is 0 Å². The molecular weight excluding hydrogens is 134 g/mol. The van der Waals surface area contributed by atoms with Gasteiger partial charge in [-0.05, 0) is 37.5 Å². The van der Waals surface area contributed by atoms with Gasteiger partial charge >= 0.3 is 0 Å². The molecule has 2 N–H and O–H groups in total. The predicted octanol–water partition coefficient (Wildman–Crippen LogP) is 2.55. The fourth-order valence-corrected chi connectivity index (χ4v) is 2.01. The van der Waals surface area contributed by atoms with E-state index in [1.807, 2.05) is 0 Å². The van der Waals surface area contributed by atoms with Gasteiger partial charge in [0.2, 0.25) is 0 Å². The summed E-state index contributed by atoms with van der Waals surface area (Å²) in [5.41, 5.74) is 6.64. The highest BCUT2D eigenvalue weighted by Crippen LogP contribution is 2.42. The summed E-state index contributed by atoms with van der Waals surface area (Å²) >= 11 is 0. The van der Waals surface area contributed by atoms with Crippen molar-refractivity contribution in [3.05, 3.63) is 0 Å². The Morgan fingerprint density at radius 2 is 1.91 bits per heavy atom. The first-order valence-electron chi connectivity index (χ1n) is 4.60. The highest BCUT2D eigenvalue weighted by molar-refractivity contribution is 4.93. The van der Waals surface area contributed by atoms with Gasteiger partial charge in [0, 0.05) is 5.54 Å². The summed E-state index contributed by atoms with van der Waals surface area (Å²) in [5.74, 6) is 0.831. The zero-order valence-electron chi connectivity index (χ0n) is 8.28. The van der Waals surface area contributed by atoms with Crippen LogP contribution in [0, 0.1) is 11.3 Å². The van der Waals surface area contributed by atoms with Crippen LogP contribution in [0.2, 0.25) is 0 Å². The molecule has 0 aliphatic heterocycles. The van der Waals surface area contributed by atoms with Crippen LogP contribution in [0.4, 0.5) is 0 Å². The lowest BCUT2D eigenvalue weighted by Crippen LogP contribution is -2.33. The first-order valence-corrected chi connectivity index (χ1v) is 4.60. The van der Waals surface area contributed by atoms with Crippen molar-refractivity contribution in [3.8, 4) is 0 Å². The first kappa shape index (κ1) is 9.05. The van der Waals surface area contributed by atoms with Gasteiger partial charge < -0.3 is 5.73 Å². The lowest BCUT2D eigenvalue weighted by atomic mass is 9.79. The zero-order chi connectivity index (χ0) is 8.70. The van der Waals surface area contributed by atoms with Crippen LogP contribution >= 0.6 is 0 Å². The molecule has 0 bridgehead atoms. The lowest BCUT2D eigenvalue weighted by Gasteiger charge is -2.28. The standard InChI is InChI=1S/C10H21N/c1-9(2,3)8-5-6-10(4,11)7-8/h8H,5-7,11H2,1-4H3. The average molecular weight is 155 g/mol. The second-order valence-corrected chi connectivity index (χ2v) is 5.46. The third-order valence-corrected chi connectivity index (χ3v) is 3.00. The van der Waals surface area contributed by atoms with E-state index in [1.165, 1.54) is 19.3 Å². The number of rotatable bonds is 0. The molecular formula is C10H21N. The van der Waals surface area contributed by atoms with Crippen molar-refractivity contribution in [1.29, 1.82) is 0 Å². The van der Waals surface area contributed by atoms with Crippen LogP contribution in [-0.2, 0) is 0 Å². The van der Waals surface area contributed by atoms with Crippen molar-refractivity contribution < 1.29 is 0 Å². The van der Waals surface area contributed by atoms with E-state index in [0.717, 1.165) is 5.92 Å². The van der Waals surface area contributed by atoms with E-state index in [9.17, 15) is 0 Å². The Balaban J connectivity index is 2.55. The third kappa shape index (κ3) is 2.19. The molecule has 0 radical (unpaired) electrons. The zero-order valence-corrected chi connectivity index (χ0v) is 8.28. The van der Waals surface area contributed by atoms with Gasteiger partial charge in [0.15, 0.2) is 0 Å². The van der Waals surface area contributed by atoms with Crippen molar-refractivity contribution in [1.82, 2.24) is 0 Å². The molecule has 0 aromatic rings. The molecule has 0 heterocycles. The van der Waals surface area contributed by atoms with Crippen molar-refractivity contribution in [3.63, 3.8) is 0 Å². The maximum atomic E-state index is 6.06. The summed E-state index contributed by atoms with van der Waals surface area (Å²) in [6, 6.07) is 0. The highest BCUT2D eigenvalue weighted by Gasteiger charge is 2.37. The van der Waals surface area contributed by atoms with Gasteiger partial charge in [-0.1, -0.05) is 20.8 Å². The lowest BCUT2D eigenvalue weighted by molar-refractivity contribution is 0.236. The predicted molar refractivity (Wildman–Crippen MR) is 49.4 cm³/mol. The molecule has 1 fully saturated rings. The van der Waals surface area contributed by atoms with Gasteiger partial charge in [-0.2, -0.15) is 0 Å². The molecule has 1 heteroatoms. The molecule has 2 atom stereocenters. The van der Waals surface area contributed by atoms with E-state index in [0.29, 0.717) is 5.41 Å². The minimum atomic E-state index is 0.123. The van der Waals surface area contributed by atoms with Gasteiger partial charge in [0.25, 0.3) is 0 Å². The van der Waals surface area contributed by atoms with E-state index in [-0.39, 0.29) is 5.54 Å². The van der Waals surface area contributed by atoms with Crippen LogP contribution in [0.1, 0.15) is 47.0 Å². The molecule has 0 saturated heterocycles. The molecule has 0 amide bonds.